The van der Waals surface area contributed by atoms with Crippen LogP contribution in [0.4, 0.5) is 5.69 Å². The summed E-state index contributed by atoms with van der Waals surface area (Å²) in [5.41, 5.74) is 5.84. The molecule has 0 saturated heterocycles. The summed E-state index contributed by atoms with van der Waals surface area (Å²) in [5.74, 6) is 0. The highest BCUT2D eigenvalue weighted by molar-refractivity contribution is 7.09. The van der Waals surface area contributed by atoms with E-state index in [9.17, 15) is 0 Å². The Bertz CT molecular complexity index is 663. The van der Waals surface area contributed by atoms with Crippen LogP contribution in [0.1, 0.15) is 36.8 Å². The zero-order chi connectivity index (χ0) is 14.3. The van der Waals surface area contributed by atoms with Gasteiger partial charge in [0, 0.05) is 29.9 Å². The van der Waals surface area contributed by atoms with Gasteiger partial charge in [-0.05, 0) is 38.3 Å². The number of rotatable bonds is 3. The van der Waals surface area contributed by atoms with Crippen LogP contribution < -0.4 is 0 Å². The molecule has 20 heavy (non-hydrogen) atoms. The highest BCUT2D eigenvalue weighted by atomic mass is 32.1. The molecule has 0 bridgehead atoms. The topological polar surface area (TPSA) is 3.01 Å². The molecule has 0 saturated carbocycles. The third-order valence-electron chi connectivity index (χ3n) is 4.59. The molecule has 2 aromatic rings. The first kappa shape index (κ1) is 13.6. The largest absolute Gasteiger partial charge is 0.209 e. The Morgan fingerprint density at radius 1 is 1.15 bits per heavy atom. The second kappa shape index (κ2) is 4.85. The molecule has 0 atom stereocenters. The maximum absolute atomic E-state index is 2.51. The first-order valence-electron chi connectivity index (χ1n) is 7.25. The molecule has 0 aliphatic carbocycles. The fourth-order valence-corrected chi connectivity index (χ4v) is 3.76. The van der Waals surface area contributed by atoms with E-state index in [-0.39, 0.29) is 5.41 Å². The Balaban J connectivity index is 1.96. The van der Waals surface area contributed by atoms with Gasteiger partial charge in [0.05, 0.1) is 5.41 Å². The van der Waals surface area contributed by atoms with Crippen molar-refractivity contribution in [1.82, 2.24) is 0 Å². The minimum Gasteiger partial charge on any atom is -0.199 e. The van der Waals surface area contributed by atoms with E-state index >= 15 is 0 Å². The van der Waals surface area contributed by atoms with Crippen molar-refractivity contribution in [3.63, 3.8) is 0 Å². The summed E-state index contributed by atoms with van der Waals surface area (Å²) in [5, 5.41) is 2.16. The predicted molar refractivity (Wildman–Crippen MR) is 87.7 cm³/mol. The van der Waals surface area contributed by atoms with Crippen LogP contribution in [0.2, 0.25) is 0 Å². The van der Waals surface area contributed by atoms with Crippen molar-refractivity contribution in [2.75, 3.05) is 6.54 Å². The summed E-state index contributed by atoms with van der Waals surface area (Å²) in [4.78, 5) is 1.47. The molecule has 1 aromatic heterocycles. The highest BCUT2D eigenvalue weighted by Crippen LogP contribution is 2.39. The van der Waals surface area contributed by atoms with Gasteiger partial charge in [-0.2, -0.15) is 4.58 Å². The maximum Gasteiger partial charge on any atom is 0.209 e. The summed E-state index contributed by atoms with van der Waals surface area (Å²) < 4.78 is 2.51. The smallest absolute Gasteiger partial charge is 0.199 e. The van der Waals surface area contributed by atoms with Crippen LogP contribution in [0.5, 0.6) is 0 Å². The fraction of sp³-hybridized carbons (Fsp3) is 0.389. The normalized spacial score (nSPS) is 16.6. The number of benzene rings is 1. The Hall–Kier alpha value is -1.41. The van der Waals surface area contributed by atoms with Crippen LogP contribution in [0.3, 0.4) is 0 Å². The fourth-order valence-electron chi connectivity index (χ4n) is 3.06. The number of nitrogens with zero attached hydrogens (tertiary/aromatic N) is 1. The Labute approximate surface area is 125 Å². The third-order valence-corrected chi connectivity index (χ3v) is 5.52. The van der Waals surface area contributed by atoms with Crippen molar-refractivity contribution in [1.29, 1.82) is 0 Å². The molecule has 0 fully saturated rings. The molecule has 0 radical (unpaired) electrons. The third kappa shape index (κ3) is 2.12. The van der Waals surface area contributed by atoms with E-state index in [4.69, 9.17) is 0 Å². The summed E-state index contributed by atoms with van der Waals surface area (Å²) in [6.07, 6.45) is 1.12. The first-order chi connectivity index (χ1) is 9.50. The second-order valence-electron chi connectivity index (χ2n) is 6.21. The summed E-state index contributed by atoms with van der Waals surface area (Å²) in [6.45, 7) is 10.2. The van der Waals surface area contributed by atoms with E-state index in [2.05, 4.69) is 68.0 Å². The summed E-state index contributed by atoms with van der Waals surface area (Å²) in [7, 11) is 0. The quantitative estimate of drug-likeness (QED) is 0.719. The molecule has 1 aliphatic rings. The van der Waals surface area contributed by atoms with Gasteiger partial charge in [0.25, 0.3) is 0 Å². The van der Waals surface area contributed by atoms with Crippen molar-refractivity contribution in [2.45, 2.75) is 39.5 Å². The van der Waals surface area contributed by atoms with Crippen molar-refractivity contribution < 1.29 is 4.58 Å². The second-order valence-corrected chi connectivity index (χ2v) is 7.24. The molecule has 0 spiro atoms. The van der Waals surface area contributed by atoms with E-state index < -0.39 is 0 Å². The molecule has 3 rings (SSSR count). The van der Waals surface area contributed by atoms with Gasteiger partial charge in [0.1, 0.15) is 0 Å². The van der Waals surface area contributed by atoms with Gasteiger partial charge < -0.3 is 0 Å². The van der Waals surface area contributed by atoms with Gasteiger partial charge in [-0.25, -0.2) is 0 Å². The van der Waals surface area contributed by atoms with Gasteiger partial charge in [-0.15, -0.1) is 11.3 Å². The minimum absolute atomic E-state index is 0.150. The summed E-state index contributed by atoms with van der Waals surface area (Å²) >= 11 is 1.86. The Morgan fingerprint density at radius 3 is 2.65 bits per heavy atom. The highest BCUT2D eigenvalue weighted by Gasteiger charge is 2.42. The van der Waals surface area contributed by atoms with Gasteiger partial charge >= 0.3 is 0 Å². The van der Waals surface area contributed by atoms with E-state index in [1.54, 1.807) is 0 Å². The lowest BCUT2D eigenvalue weighted by Gasteiger charge is -2.15. The molecule has 2 heterocycles. The van der Waals surface area contributed by atoms with Crippen molar-refractivity contribution in [3.8, 4) is 0 Å². The molecule has 104 valence electrons. The van der Waals surface area contributed by atoms with Gasteiger partial charge in [0.15, 0.2) is 12.3 Å². The standard InChI is InChI=1S/C18H22NS/c1-13-7-8-17-16(12-13)18(3,4)14(2)19(17)10-9-15-6-5-11-20-15/h5-8,11-12H,9-10H2,1-4H3/q+1. The van der Waals surface area contributed by atoms with Crippen molar-refractivity contribution in [2.24, 2.45) is 0 Å². The molecule has 0 N–H and O–H groups in total. The lowest BCUT2D eigenvalue weighted by molar-refractivity contribution is -0.438. The molecule has 1 nitrogen and oxygen atoms in total. The van der Waals surface area contributed by atoms with Gasteiger partial charge in [-0.1, -0.05) is 17.7 Å². The number of hydrogen-bond acceptors (Lipinski definition) is 1. The predicted octanol–water partition coefficient (Wildman–Crippen LogP) is 4.70. The van der Waals surface area contributed by atoms with E-state index in [1.807, 2.05) is 11.3 Å². The SMILES string of the molecule is CC1=[N+](CCc2cccs2)c2ccc(C)cc2C1(C)C. The van der Waals surface area contributed by atoms with Crippen molar-refractivity contribution in [3.05, 3.63) is 51.7 Å². The lowest BCUT2D eigenvalue weighted by atomic mass is 9.82. The van der Waals surface area contributed by atoms with Gasteiger partial charge in [-0.3, -0.25) is 0 Å². The van der Waals surface area contributed by atoms with Crippen LogP contribution in [-0.2, 0) is 11.8 Å². The molecular weight excluding hydrogens is 262 g/mol. The van der Waals surface area contributed by atoms with Crippen LogP contribution in [-0.4, -0.2) is 16.8 Å². The molecule has 0 unspecified atom stereocenters. The molecule has 0 amide bonds. The zero-order valence-corrected chi connectivity index (χ0v) is 13.6. The van der Waals surface area contributed by atoms with E-state index in [0.717, 1.165) is 13.0 Å². The van der Waals surface area contributed by atoms with Crippen molar-refractivity contribution >= 4 is 22.7 Å². The van der Waals surface area contributed by atoms with Crippen LogP contribution in [0, 0.1) is 6.92 Å². The summed E-state index contributed by atoms with van der Waals surface area (Å²) in [6, 6.07) is 11.2. The number of aryl methyl sites for hydroxylation is 1. The Morgan fingerprint density at radius 2 is 1.95 bits per heavy atom. The lowest BCUT2D eigenvalue weighted by Crippen LogP contribution is -2.27. The number of thiophene rings is 1. The average molecular weight is 284 g/mol. The Kier molecular flexibility index (Phi) is 3.29. The molecular formula is C18H22NS+. The van der Waals surface area contributed by atoms with Crippen LogP contribution in [0.15, 0.2) is 35.7 Å². The first-order valence-corrected chi connectivity index (χ1v) is 8.13. The maximum atomic E-state index is 2.51. The number of hydrogen-bond donors (Lipinski definition) is 0. The van der Waals surface area contributed by atoms with Gasteiger partial charge in [0.2, 0.25) is 5.69 Å². The van der Waals surface area contributed by atoms with Crippen LogP contribution in [0.25, 0.3) is 0 Å². The average Bonchev–Trinajstić information content (AvgIpc) is 2.98. The van der Waals surface area contributed by atoms with E-state index in [0.29, 0.717) is 0 Å². The monoisotopic (exact) mass is 284 g/mol. The minimum atomic E-state index is 0.150. The molecule has 2 heteroatoms. The van der Waals surface area contributed by atoms with Crippen LogP contribution >= 0.6 is 11.3 Å². The zero-order valence-electron chi connectivity index (χ0n) is 12.7. The molecule has 1 aromatic carbocycles. The molecule has 1 aliphatic heterocycles. The van der Waals surface area contributed by atoms with E-state index in [1.165, 1.54) is 27.4 Å². The number of fused-ring (bicyclic) bond motifs is 1.